The lowest BCUT2D eigenvalue weighted by atomic mass is 11.0. The van der Waals surface area contributed by atoms with Gasteiger partial charge in [0.05, 0.1) is 21.1 Å². The molecule has 0 aromatic carbocycles. The highest BCUT2D eigenvalue weighted by molar-refractivity contribution is 3.59. The van der Waals surface area contributed by atoms with Gasteiger partial charge in [0.1, 0.15) is 0 Å². The first-order valence-electron chi connectivity index (χ1n) is 1.50. The SMILES string of the molecule is C[NH+](C)C.O.[Br-]. The van der Waals surface area contributed by atoms with E-state index in [1.54, 1.807) is 0 Å². The van der Waals surface area contributed by atoms with Crippen molar-refractivity contribution in [3.8, 4) is 0 Å². The van der Waals surface area contributed by atoms with Gasteiger partial charge in [0.15, 0.2) is 0 Å². The predicted octanol–water partition coefficient (Wildman–Crippen LogP) is -5.06. The van der Waals surface area contributed by atoms with E-state index in [4.69, 9.17) is 0 Å². The monoisotopic (exact) mass is 157 g/mol. The van der Waals surface area contributed by atoms with Crippen LogP contribution in [0.15, 0.2) is 0 Å². The van der Waals surface area contributed by atoms with Gasteiger partial charge >= 0.3 is 0 Å². The van der Waals surface area contributed by atoms with Crippen molar-refractivity contribution < 1.29 is 27.4 Å². The number of nitrogens with one attached hydrogen (secondary N) is 1. The van der Waals surface area contributed by atoms with Gasteiger partial charge in [-0.25, -0.2) is 0 Å². The highest BCUT2D eigenvalue weighted by Crippen LogP contribution is 0.864. The van der Waals surface area contributed by atoms with Crippen molar-refractivity contribution in [3.05, 3.63) is 0 Å². The van der Waals surface area contributed by atoms with Crippen molar-refractivity contribution in [3.63, 3.8) is 0 Å². The average molecular weight is 158 g/mol. The summed E-state index contributed by atoms with van der Waals surface area (Å²) in [6, 6.07) is 0. The molecule has 0 aliphatic heterocycles. The largest absolute Gasteiger partial charge is 1.00 e. The van der Waals surface area contributed by atoms with E-state index in [-0.39, 0.29) is 22.5 Å². The summed E-state index contributed by atoms with van der Waals surface area (Å²) in [5.41, 5.74) is 0. The molecule has 0 aromatic rings. The van der Waals surface area contributed by atoms with Crippen molar-refractivity contribution in [2.45, 2.75) is 0 Å². The van der Waals surface area contributed by atoms with Crippen molar-refractivity contribution in [1.82, 2.24) is 0 Å². The minimum atomic E-state index is 0. The summed E-state index contributed by atoms with van der Waals surface area (Å²) >= 11 is 0. The van der Waals surface area contributed by atoms with Crippen LogP contribution in [0.4, 0.5) is 0 Å². The van der Waals surface area contributed by atoms with Crippen LogP contribution in [-0.2, 0) is 0 Å². The van der Waals surface area contributed by atoms with E-state index in [1.807, 2.05) is 0 Å². The first-order chi connectivity index (χ1) is 1.73. The molecule has 0 rings (SSSR count). The van der Waals surface area contributed by atoms with Gasteiger partial charge in [-0.15, -0.1) is 0 Å². The quantitative estimate of drug-likeness (QED) is 0.366. The zero-order valence-electron chi connectivity index (χ0n) is 4.38. The highest BCUT2D eigenvalue weighted by atomic mass is 79.9. The Balaban J connectivity index is -0.0000000450. The summed E-state index contributed by atoms with van der Waals surface area (Å²) in [6.45, 7) is 0. The molecule has 0 saturated carbocycles. The Labute approximate surface area is 49.2 Å². The standard InChI is InChI=1S/C3H9N.BrH.H2O/c1-4(2)3;;/h1-3H3;1H;1H2. The maximum atomic E-state index is 2.08. The van der Waals surface area contributed by atoms with E-state index in [9.17, 15) is 0 Å². The lowest BCUT2D eigenvalue weighted by Crippen LogP contribution is -3.02. The van der Waals surface area contributed by atoms with E-state index in [0.29, 0.717) is 0 Å². The fourth-order valence-corrected chi connectivity index (χ4v) is 0. The Morgan fingerprint density at radius 3 is 1.00 bits per heavy atom. The van der Waals surface area contributed by atoms with Gasteiger partial charge < -0.3 is 27.4 Å². The lowest BCUT2D eigenvalue weighted by Gasteiger charge is -1.88. The third-order valence-electron chi connectivity index (χ3n) is 0. The summed E-state index contributed by atoms with van der Waals surface area (Å²) in [5, 5.41) is 0. The number of halogens is 1. The summed E-state index contributed by atoms with van der Waals surface area (Å²) in [7, 11) is 6.25. The van der Waals surface area contributed by atoms with Crippen molar-refractivity contribution in [2.75, 3.05) is 21.1 Å². The minimum absolute atomic E-state index is 0. The molecule has 0 aliphatic carbocycles. The van der Waals surface area contributed by atoms with Gasteiger partial charge in [0.2, 0.25) is 0 Å². The predicted molar refractivity (Wildman–Crippen MR) is 22.3 cm³/mol. The van der Waals surface area contributed by atoms with Crippen LogP contribution in [0.1, 0.15) is 0 Å². The van der Waals surface area contributed by atoms with Crippen LogP contribution in [0, 0.1) is 0 Å². The Morgan fingerprint density at radius 1 is 1.00 bits per heavy atom. The molecule has 0 amide bonds. The van der Waals surface area contributed by atoms with Gasteiger partial charge in [-0.3, -0.25) is 0 Å². The first-order valence-corrected chi connectivity index (χ1v) is 1.50. The Bertz CT molecular complexity index is 15.5. The maximum Gasteiger partial charge on any atom is 0.0661 e. The number of hydrogen-bond acceptors (Lipinski definition) is 0. The van der Waals surface area contributed by atoms with Gasteiger partial charge in [-0.2, -0.15) is 0 Å². The second kappa shape index (κ2) is 9.04. The van der Waals surface area contributed by atoms with Gasteiger partial charge in [0, 0.05) is 0 Å². The van der Waals surface area contributed by atoms with Crippen LogP contribution >= 0.6 is 0 Å². The van der Waals surface area contributed by atoms with Crippen LogP contribution in [-0.4, -0.2) is 26.6 Å². The van der Waals surface area contributed by atoms with Crippen LogP contribution in [0.25, 0.3) is 0 Å². The number of rotatable bonds is 0. The molecule has 0 fully saturated rings. The van der Waals surface area contributed by atoms with Gasteiger partial charge in [0.25, 0.3) is 0 Å². The summed E-state index contributed by atoms with van der Waals surface area (Å²) in [6.07, 6.45) is 0. The molecule has 0 saturated heterocycles. The summed E-state index contributed by atoms with van der Waals surface area (Å²) in [5.74, 6) is 0. The molecule has 0 radical (unpaired) electrons. The second-order valence-corrected chi connectivity index (χ2v) is 1.50. The topological polar surface area (TPSA) is 35.9 Å². The molecular formula is C3H12BrNO. The first kappa shape index (κ1) is 16.1. The van der Waals surface area contributed by atoms with Crippen LogP contribution in [0.5, 0.6) is 0 Å². The fraction of sp³-hybridized carbons (Fsp3) is 1.00. The van der Waals surface area contributed by atoms with E-state index >= 15 is 0 Å². The van der Waals surface area contributed by atoms with Gasteiger partial charge in [-0.1, -0.05) is 0 Å². The van der Waals surface area contributed by atoms with E-state index < -0.39 is 0 Å². The van der Waals surface area contributed by atoms with Gasteiger partial charge in [-0.05, 0) is 0 Å². The summed E-state index contributed by atoms with van der Waals surface area (Å²) < 4.78 is 0. The molecule has 0 aliphatic rings. The van der Waals surface area contributed by atoms with Crippen LogP contribution < -0.4 is 21.9 Å². The second-order valence-electron chi connectivity index (χ2n) is 1.50. The molecule has 0 spiro atoms. The molecule has 0 bridgehead atoms. The fourth-order valence-electron chi connectivity index (χ4n) is 0. The zero-order valence-corrected chi connectivity index (χ0v) is 5.96. The maximum absolute atomic E-state index is 2.08. The third kappa shape index (κ3) is 318. The van der Waals surface area contributed by atoms with E-state index in [1.165, 1.54) is 4.90 Å². The molecule has 6 heavy (non-hydrogen) atoms. The normalized spacial score (nSPS) is 6.00. The van der Waals surface area contributed by atoms with Crippen molar-refractivity contribution in [2.24, 2.45) is 0 Å². The molecule has 0 unspecified atom stereocenters. The van der Waals surface area contributed by atoms with Crippen LogP contribution in [0.3, 0.4) is 0 Å². The number of hydrogen-bond donors (Lipinski definition) is 1. The molecule has 3 N–H and O–H groups in total. The van der Waals surface area contributed by atoms with E-state index in [2.05, 4.69) is 21.1 Å². The number of quaternary nitrogens is 1. The average Bonchev–Trinajstić information content (AvgIpc) is 0.811. The highest BCUT2D eigenvalue weighted by Gasteiger charge is 1.61. The molecular weight excluding hydrogens is 146 g/mol. The molecule has 2 nitrogen and oxygen atoms in total. The smallest absolute Gasteiger partial charge is 0.0661 e. The molecule has 42 valence electrons. The zero-order chi connectivity index (χ0) is 3.58. The molecule has 0 atom stereocenters. The van der Waals surface area contributed by atoms with Crippen LogP contribution in [0.2, 0.25) is 0 Å². The molecule has 0 aromatic heterocycles. The molecule has 0 heterocycles. The Morgan fingerprint density at radius 2 is 1.00 bits per heavy atom. The summed E-state index contributed by atoms with van der Waals surface area (Å²) in [4.78, 5) is 1.42. The van der Waals surface area contributed by atoms with Crippen molar-refractivity contribution >= 4 is 0 Å². The minimum Gasteiger partial charge on any atom is -1.00 e. The van der Waals surface area contributed by atoms with E-state index in [0.717, 1.165) is 0 Å². The third-order valence-corrected chi connectivity index (χ3v) is 0. The Hall–Kier alpha value is 0.400. The molecule has 3 heteroatoms. The Kier molecular flexibility index (Phi) is 24.3. The van der Waals surface area contributed by atoms with Crippen molar-refractivity contribution in [1.29, 1.82) is 0 Å². The lowest BCUT2D eigenvalue weighted by molar-refractivity contribution is -0.836.